The maximum Gasteiger partial charge on any atom is 0.344 e. The Labute approximate surface area is 128 Å². The number of hydrogen-bond donors (Lipinski definition) is 1. The molecule has 0 unspecified atom stereocenters. The Morgan fingerprint density at radius 2 is 2.05 bits per heavy atom. The molecule has 1 aliphatic rings. The van der Waals surface area contributed by atoms with Crippen molar-refractivity contribution in [1.29, 1.82) is 0 Å². The van der Waals surface area contributed by atoms with Crippen LogP contribution in [0.5, 0.6) is 5.75 Å². The van der Waals surface area contributed by atoms with Crippen molar-refractivity contribution in [3.63, 3.8) is 0 Å². The number of carbonyl (C=O) groups is 1. The number of rotatable bonds is 4. The average molecular weight is 319 g/mol. The van der Waals surface area contributed by atoms with Crippen LogP contribution in [0.3, 0.4) is 0 Å². The molecule has 1 aliphatic heterocycles. The summed E-state index contributed by atoms with van der Waals surface area (Å²) in [6, 6.07) is 4.87. The molecular formula is C14H18Cl2NO3+. The Morgan fingerprint density at radius 1 is 1.35 bits per heavy atom. The summed E-state index contributed by atoms with van der Waals surface area (Å²) in [4.78, 5) is 13.2. The number of nitrogens with one attached hydrogen (secondary N) is 1. The van der Waals surface area contributed by atoms with Gasteiger partial charge < -0.3 is 14.4 Å². The summed E-state index contributed by atoms with van der Waals surface area (Å²) in [6.45, 7) is 1.92. The molecule has 20 heavy (non-hydrogen) atoms. The van der Waals surface area contributed by atoms with Gasteiger partial charge in [0.2, 0.25) is 0 Å². The van der Waals surface area contributed by atoms with E-state index in [9.17, 15) is 4.79 Å². The third kappa shape index (κ3) is 4.54. The summed E-state index contributed by atoms with van der Waals surface area (Å²) in [5.41, 5.74) is 0. The van der Waals surface area contributed by atoms with Crippen LogP contribution in [0.2, 0.25) is 10.0 Å². The van der Waals surface area contributed by atoms with E-state index in [4.69, 9.17) is 32.7 Å². The van der Waals surface area contributed by atoms with Gasteiger partial charge in [-0.15, -0.1) is 0 Å². The molecule has 6 heteroatoms. The second-order valence-corrected chi connectivity index (χ2v) is 5.85. The molecule has 110 valence electrons. The van der Waals surface area contributed by atoms with Crippen LogP contribution in [0.15, 0.2) is 18.2 Å². The van der Waals surface area contributed by atoms with E-state index < -0.39 is 0 Å². The molecule has 0 spiro atoms. The number of likely N-dealkylation sites (tertiary alicyclic amines) is 1. The average Bonchev–Trinajstić information content (AvgIpc) is 2.40. The molecule has 0 bridgehead atoms. The summed E-state index contributed by atoms with van der Waals surface area (Å²) >= 11 is 11.7. The molecule has 2 rings (SSSR count). The summed E-state index contributed by atoms with van der Waals surface area (Å²) in [5, 5.41) is 0.909. The fourth-order valence-electron chi connectivity index (χ4n) is 2.15. The van der Waals surface area contributed by atoms with Gasteiger partial charge in [0, 0.05) is 17.9 Å². The minimum Gasteiger partial charge on any atom is -0.480 e. The van der Waals surface area contributed by atoms with E-state index in [1.807, 2.05) is 0 Å². The van der Waals surface area contributed by atoms with Crippen molar-refractivity contribution in [1.82, 2.24) is 0 Å². The van der Waals surface area contributed by atoms with Crippen molar-refractivity contribution in [3.8, 4) is 5.75 Å². The zero-order valence-electron chi connectivity index (χ0n) is 11.3. The lowest BCUT2D eigenvalue weighted by molar-refractivity contribution is -0.885. The summed E-state index contributed by atoms with van der Waals surface area (Å²) in [7, 11) is 2.14. The van der Waals surface area contributed by atoms with Gasteiger partial charge in [-0.25, -0.2) is 4.79 Å². The Balaban J connectivity index is 1.77. The normalized spacial score (nSPS) is 22.4. The second kappa shape index (κ2) is 7.16. The highest BCUT2D eigenvalue weighted by atomic mass is 35.5. The first-order valence-electron chi connectivity index (χ1n) is 6.63. The molecule has 1 saturated heterocycles. The molecule has 1 heterocycles. The third-order valence-corrected chi connectivity index (χ3v) is 3.85. The fraction of sp³-hybridized carbons (Fsp3) is 0.500. The predicted octanol–water partition coefficient (Wildman–Crippen LogP) is 1.59. The first kappa shape index (κ1) is 15.4. The maximum absolute atomic E-state index is 11.7. The van der Waals surface area contributed by atoms with Gasteiger partial charge in [-0.3, -0.25) is 0 Å². The monoisotopic (exact) mass is 318 g/mol. The largest absolute Gasteiger partial charge is 0.480 e. The highest BCUT2D eigenvalue weighted by Gasteiger charge is 2.22. The SMILES string of the molecule is C[NH+]1CCC(OC(=O)COc2ccc(Cl)cc2Cl)CC1. The number of quaternary nitrogens is 1. The number of ether oxygens (including phenoxy) is 2. The van der Waals surface area contributed by atoms with Crippen LogP contribution in [-0.2, 0) is 9.53 Å². The molecule has 0 aliphatic carbocycles. The minimum atomic E-state index is -0.361. The van der Waals surface area contributed by atoms with E-state index in [-0.39, 0.29) is 18.7 Å². The van der Waals surface area contributed by atoms with E-state index in [0.29, 0.717) is 15.8 Å². The van der Waals surface area contributed by atoms with Crippen LogP contribution < -0.4 is 9.64 Å². The van der Waals surface area contributed by atoms with E-state index in [1.54, 1.807) is 18.2 Å². The van der Waals surface area contributed by atoms with Crippen molar-refractivity contribution in [2.24, 2.45) is 0 Å². The van der Waals surface area contributed by atoms with Gasteiger partial charge in [0.25, 0.3) is 0 Å². The van der Waals surface area contributed by atoms with Crippen molar-refractivity contribution in [2.45, 2.75) is 18.9 Å². The quantitative estimate of drug-likeness (QED) is 0.857. The summed E-state index contributed by atoms with van der Waals surface area (Å²) in [5.74, 6) is 0.0707. The van der Waals surface area contributed by atoms with Crippen LogP contribution in [0.4, 0.5) is 0 Å². The molecule has 0 atom stereocenters. The first-order chi connectivity index (χ1) is 9.54. The zero-order valence-corrected chi connectivity index (χ0v) is 12.8. The Bertz CT molecular complexity index is 473. The lowest BCUT2D eigenvalue weighted by atomic mass is 10.1. The molecule has 1 N–H and O–H groups in total. The maximum atomic E-state index is 11.7. The number of hydrogen-bond acceptors (Lipinski definition) is 3. The Kier molecular flexibility index (Phi) is 5.52. The number of halogens is 2. The van der Waals surface area contributed by atoms with Crippen molar-refractivity contribution in [3.05, 3.63) is 28.2 Å². The molecule has 1 fully saturated rings. The lowest BCUT2D eigenvalue weighted by Gasteiger charge is -2.26. The minimum absolute atomic E-state index is 0.00971. The number of benzene rings is 1. The standard InChI is InChI=1S/C14H17Cl2NO3/c1-17-6-4-11(5-7-17)20-14(18)9-19-13-3-2-10(15)8-12(13)16/h2-3,8,11H,4-7,9H2,1H3/p+1. The fourth-order valence-corrected chi connectivity index (χ4v) is 2.61. The van der Waals surface area contributed by atoms with Crippen LogP contribution in [0.1, 0.15) is 12.8 Å². The van der Waals surface area contributed by atoms with E-state index in [2.05, 4.69) is 7.05 Å². The predicted molar refractivity (Wildman–Crippen MR) is 77.7 cm³/mol. The smallest absolute Gasteiger partial charge is 0.344 e. The highest BCUT2D eigenvalue weighted by Crippen LogP contribution is 2.27. The van der Waals surface area contributed by atoms with Crippen LogP contribution in [0, 0.1) is 0 Å². The molecule has 0 radical (unpaired) electrons. The second-order valence-electron chi connectivity index (χ2n) is 5.01. The molecule has 1 aromatic carbocycles. The lowest BCUT2D eigenvalue weighted by Crippen LogP contribution is -3.10. The summed E-state index contributed by atoms with van der Waals surface area (Å²) < 4.78 is 10.7. The third-order valence-electron chi connectivity index (χ3n) is 3.32. The molecule has 0 saturated carbocycles. The van der Waals surface area contributed by atoms with Gasteiger partial charge in [-0.05, 0) is 18.2 Å². The molecule has 1 aromatic rings. The van der Waals surface area contributed by atoms with Gasteiger partial charge in [-0.2, -0.15) is 0 Å². The molecular weight excluding hydrogens is 301 g/mol. The molecule has 0 amide bonds. The Morgan fingerprint density at radius 3 is 2.70 bits per heavy atom. The van der Waals surface area contributed by atoms with Gasteiger partial charge in [-0.1, -0.05) is 23.2 Å². The van der Waals surface area contributed by atoms with E-state index in [0.717, 1.165) is 25.9 Å². The number of piperidine rings is 1. The van der Waals surface area contributed by atoms with Crippen LogP contribution >= 0.6 is 23.2 Å². The van der Waals surface area contributed by atoms with Gasteiger partial charge in [0.15, 0.2) is 6.61 Å². The topological polar surface area (TPSA) is 40.0 Å². The van der Waals surface area contributed by atoms with Crippen molar-refractivity contribution < 1.29 is 19.2 Å². The van der Waals surface area contributed by atoms with Gasteiger partial charge in [0.1, 0.15) is 11.9 Å². The number of esters is 1. The van der Waals surface area contributed by atoms with Crippen LogP contribution in [0.25, 0.3) is 0 Å². The number of carbonyl (C=O) groups excluding carboxylic acids is 1. The molecule has 4 nitrogen and oxygen atoms in total. The van der Waals surface area contributed by atoms with Gasteiger partial charge >= 0.3 is 5.97 Å². The van der Waals surface area contributed by atoms with E-state index in [1.165, 1.54) is 4.90 Å². The van der Waals surface area contributed by atoms with Crippen molar-refractivity contribution >= 4 is 29.2 Å². The highest BCUT2D eigenvalue weighted by molar-refractivity contribution is 6.35. The first-order valence-corrected chi connectivity index (χ1v) is 7.39. The van der Waals surface area contributed by atoms with Crippen LogP contribution in [-0.4, -0.2) is 38.8 Å². The summed E-state index contributed by atoms with van der Waals surface area (Å²) in [6.07, 6.45) is 1.81. The van der Waals surface area contributed by atoms with Gasteiger partial charge in [0.05, 0.1) is 25.2 Å². The zero-order chi connectivity index (χ0) is 14.5. The van der Waals surface area contributed by atoms with Crippen molar-refractivity contribution in [2.75, 3.05) is 26.7 Å². The Hall–Kier alpha value is -0.970. The van der Waals surface area contributed by atoms with E-state index >= 15 is 0 Å². The molecule has 0 aromatic heterocycles.